The lowest BCUT2D eigenvalue weighted by atomic mass is 10.1. The molecule has 0 saturated carbocycles. The van der Waals surface area contributed by atoms with Gasteiger partial charge in [0.1, 0.15) is 11.6 Å². The van der Waals surface area contributed by atoms with Crippen molar-refractivity contribution < 1.29 is 13.2 Å². The van der Waals surface area contributed by atoms with E-state index < -0.39 is 11.6 Å². The number of hydrogen-bond acceptors (Lipinski definition) is 5. The summed E-state index contributed by atoms with van der Waals surface area (Å²) in [4.78, 5) is 4.54. The Hall–Kier alpha value is -2.02. The molecule has 0 N–H and O–H groups in total. The van der Waals surface area contributed by atoms with Crippen LogP contribution in [0.1, 0.15) is 12.8 Å². The average Bonchev–Trinajstić information content (AvgIpc) is 2.79. The van der Waals surface area contributed by atoms with Crippen LogP contribution in [0, 0.1) is 11.6 Å². The topological polar surface area (TPSA) is 45.4 Å². The summed E-state index contributed by atoms with van der Waals surface area (Å²) in [5, 5.41) is 8.00. The molecule has 0 spiro atoms. The SMILES string of the molecule is Fc1ccc(-c2nnc(N3CCN4CCC3CC4)o2)c(F)c1. The number of nitrogens with zero attached hydrogens (tertiary/aromatic N) is 4. The van der Waals surface area contributed by atoms with Crippen molar-refractivity contribution in [2.24, 2.45) is 0 Å². The fourth-order valence-electron chi connectivity index (χ4n) is 3.24. The van der Waals surface area contributed by atoms with Gasteiger partial charge in [-0.15, -0.1) is 5.10 Å². The third kappa shape index (κ3) is 2.35. The van der Waals surface area contributed by atoms with Gasteiger partial charge in [-0.3, -0.25) is 0 Å². The minimum atomic E-state index is -0.696. The van der Waals surface area contributed by atoms with Gasteiger partial charge in [-0.2, -0.15) is 0 Å². The van der Waals surface area contributed by atoms with Crippen LogP contribution < -0.4 is 4.90 Å². The summed E-state index contributed by atoms with van der Waals surface area (Å²) in [6.07, 6.45) is 2.14. The standard InChI is InChI=1S/C15H16F2N4O/c16-10-1-2-12(13(17)9-10)14-18-19-15(22-14)21-8-7-20-5-3-11(21)4-6-20/h1-2,9,11H,3-8H2. The largest absolute Gasteiger partial charge is 0.403 e. The van der Waals surface area contributed by atoms with E-state index in [9.17, 15) is 8.78 Å². The van der Waals surface area contributed by atoms with E-state index in [1.807, 2.05) is 0 Å². The molecule has 3 fully saturated rings. The van der Waals surface area contributed by atoms with Crippen LogP contribution in [0.4, 0.5) is 14.8 Å². The van der Waals surface area contributed by atoms with Gasteiger partial charge >= 0.3 is 6.01 Å². The summed E-state index contributed by atoms with van der Waals surface area (Å²) in [6.45, 7) is 3.99. The summed E-state index contributed by atoms with van der Waals surface area (Å²) >= 11 is 0. The number of hydrogen-bond donors (Lipinski definition) is 0. The van der Waals surface area contributed by atoms with Crippen LogP contribution in [0.5, 0.6) is 0 Å². The first-order valence-electron chi connectivity index (χ1n) is 7.48. The summed E-state index contributed by atoms with van der Waals surface area (Å²) in [6, 6.07) is 4.14. The smallest absolute Gasteiger partial charge is 0.318 e. The van der Waals surface area contributed by atoms with Crippen LogP contribution >= 0.6 is 0 Å². The molecule has 2 aromatic rings. The zero-order valence-electron chi connectivity index (χ0n) is 12.0. The van der Waals surface area contributed by atoms with Gasteiger partial charge in [-0.1, -0.05) is 5.10 Å². The number of benzene rings is 1. The van der Waals surface area contributed by atoms with Gasteiger partial charge in [0.15, 0.2) is 0 Å². The Labute approximate surface area is 126 Å². The van der Waals surface area contributed by atoms with E-state index in [-0.39, 0.29) is 11.5 Å². The number of fused-ring (bicyclic) bond motifs is 4. The lowest BCUT2D eigenvalue weighted by Crippen LogP contribution is -2.38. The van der Waals surface area contributed by atoms with Gasteiger partial charge in [0.2, 0.25) is 0 Å². The molecule has 7 heteroatoms. The molecule has 116 valence electrons. The van der Waals surface area contributed by atoms with Crippen molar-refractivity contribution in [1.29, 1.82) is 0 Å². The first kappa shape index (κ1) is 13.6. The van der Waals surface area contributed by atoms with E-state index in [0.717, 1.165) is 45.1 Å². The summed E-state index contributed by atoms with van der Waals surface area (Å²) in [7, 11) is 0. The van der Waals surface area contributed by atoms with Gasteiger partial charge in [-0.05, 0) is 25.0 Å². The first-order chi connectivity index (χ1) is 10.7. The highest BCUT2D eigenvalue weighted by Crippen LogP contribution is 2.29. The van der Waals surface area contributed by atoms with E-state index in [0.29, 0.717) is 12.1 Å². The Morgan fingerprint density at radius 1 is 1.05 bits per heavy atom. The third-order valence-corrected chi connectivity index (χ3v) is 4.48. The van der Waals surface area contributed by atoms with Gasteiger partial charge in [-0.25, -0.2) is 8.78 Å². The quantitative estimate of drug-likeness (QED) is 0.852. The fraction of sp³-hybridized carbons (Fsp3) is 0.467. The van der Waals surface area contributed by atoms with Crippen LogP contribution in [0.15, 0.2) is 22.6 Å². The molecule has 2 bridgehead atoms. The molecule has 3 aliphatic heterocycles. The van der Waals surface area contributed by atoms with Crippen LogP contribution in [-0.4, -0.2) is 47.3 Å². The molecule has 1 aromatic carbocycles. The van der Waals surface area contributed by atoms with Crippen LogP contribution in [-0.2, 0) is 0 Å². The van der Waals surface area contributed by atoms with Gasteiger partial charge in [0.05, 0.1) is 5.56 Å². The molecule has 0 atom stereocenters. The fourth-order valence-corrected chi connectivity index (χ4v) is 3.24. The highest BCUT2D eigenvalue weighted by Gasteiger charge is 2.32. The predicted molar refractivity (Wildman–Crippen MR) is 76.5 cm³/mol. The number of aromatic nitrogens is 2. The highest BCUT2D eigenvalue weighted by molar-refractivity contribution is 5.54. The van der Waals surface area contributed by atoms with Gasteiger partial charge in [0, 0.05) is 38.3 Å². The number of piperidine rings is 1. The Balaban J connectivity index is 1.63. The van der Waals surface area contributed by atoms with Crippen molar-refractivity contribution in [2.75, 3.05) is 31.1 Å². The van der Waals surface area contributed by atoms with E-state index in [1.54, 1.807) is 0 Å². The lowest BCUT2D eigenvalue weighted by molar-refractivity contribution is 0.249. The highest BCUT2D eigenvalue weighted by atomic mass is 19.1. The monoisotopic (exact) mass is 306 g/mol. The van der Waals surface area contributed by atoms with Gasteiger partial charge in [0.25, 0.3) is 5.89 Å². The molecule has 4 heterocycles. The van der Waals surface area contributed by atoms with Crippen molar-refractivity contribution in [3.05, 3.63) is 29.8 Å². The Morgan fingerprint density at radius 3 is 2.64 bits per heavy atom. The Bertz CT molecular complexity index is 682. The van der Waals surface area contributed by atoms with Gasteiger partial charge < -0.3 is 14.2 Å². The second-order valence-electron chi connectivity index (χ2n) is 5.78. The zero-order chi connectivity index (χ0) is 15.1. The third-order valence-electron chi connectivity index (χ3n) is 4.48. The first-order valence-corrected chi connectivity index (χ1v) is 7.48. The molecule has 1 aromatic heterocycles. The van der Waals surface area contributed by atoms with Crippen LogP contribution in [0.2, 0.25) is 0 Å². The summed E-state index contributed by atoms with van der Waals surface area (Å²) in [5.41, 5.74) is 0.128. The average molecular weight is 306 g/mol. The molecule has 0 radical (unpaired) electrons. The predicted octanol–water partition coefficient (Wildman–Crippen LogP) is 2.30. The van der Waals surface area contributed by atoms with Crippen molar-refractivity contribution in [1.82, 2.24) is 15.1 Å². The Kier molecular flexibility index (Phi) is 3.29. The molecule has 3 saturated heterocycles. The minimum absolute atomic E-state index is 0.0894. The van der Waals surface area contributed by atoms with E-state index in [4.69, 9.17) is 4.42 Å². The van der Waals surface area contributed by atoms with Crippen LogP contribution in [0.3, 0.4) is 0 Å². The molecular weight excluding hydrogens is 290 g/mol. The number of anilines is 1. The molecule has 3 aliphatic rings. The number of halogens is 2. The van der Waals surface area contributed by atoms with Crippen molar-refractivity contribution in [3.8, 4) is 11.5 Å². The molecule has 5 rings (SSSR count). The van der Waals surface area contributed by atoms with Crippen molar-refractivity contribution in [3.63, 3.8) is 0 Å². The summed E-state index contributed by atoms with van der Waals surface area (Å²) in [5.74, 6) is -1.23. The molecular formula is C15H16F2N4O. The van der Waals surface area contributed by atoms with Crippen LogP contribution in [0.25, 0.3) is 11.5 Å². The minimum Gasteiger partial charge on any atom is -0.403 e. The maximum atomic E-state index is 13.8. The number of rotatable bonds is 2. The summed E-state index contributed by atoms with van der Waals surface area (Å²) < 4.78 is 32.5. The second kappa shape index (κ2) is 5.31. The molecule has 22 heavy (non-hydrogen) atoms. The molecule has 0 amide bonds. The maximum Gasteiger partial charge on any atom is 0.318 e. The molecule has 0 aliphatic carbocycles. The Morgan fingerprint density at radius 2 is 1.86 bits per heavy atom. The zero-order valence-corrected chi connectivity index (χ0v) is 12.0. The van der Waals surface area contributed by atoms with E-state index in [2.05, 4.69) is 20.0 Å². The van der Waals surface area contributed by atoms with E-state index in [1.165, 1.54) is 12.1 Å². The normalized spacial score (nSPS) is 24.5. The lowest BCUT2D eigenvalue weighted by Gasteiger charge is -2.29. The van der Waals surface area contributed by atoms with Crippen molar-refractivity contribution >= 4 is 6.01 Å². The second-order valence-corrected chi connectivity index (χ2v) is 5.78. The molecule has 0 unspecified atom stereocenters. The molecule has 5 nitrogen and oxygen atoms in total. The maximum absolute atomic E-state index is 13.8. The van der Waals surface area contributed by atoms with E-state index >= 15 is 0 Å². The van der Waals surface area contributed by atoms with Crippen molar-refractivity contribution in [2.45, 2.75) is 18.9 Å².